The number of amides is 1. The van der Waals surface area contributed by atoms with Crippen molar-refractivity contribution in [3.05, 3.63) is 0 Å². The van der Waals surface area contributed by atoms with Crippen LogP contribution in [0.25, 0.3) is 0 Å². The SMILES string of the molecule is CC(C)CC(=O)NCCCCN1CCN(C)CC1. The minimum absolute atomic E-state index is 0.199. The molecule has 0 spiro atoms. The van der Waals surface area contributed by atoms with Crippen LogP contribution in [0.4, 0.5) is 0 Å². The molecule has 1 saturated heterocycles. The van der Waals surface area contributed by atoms with E-state index < -0.39 is 0 Å². The molecule has 0 radical (unpaired) electrons. The second-order valence-electron chi connectivity index (χ2n) is 5.80. The van der Waals surface area contributed by atoms with Gasteiger partial charge in [-0.15, -0.1) is 0 Å². The van der Waals surface area contributed by atoms with Crippen molar-refractivity contribution < 1.29 is 4.79 Å². The lowest BCUT2D eigenvalue weighted by atomic mass is 10.1. The van der Waals surface area contributed by atoms with Gasteiger partial charge in [-0.3, -0.25) is 4.79 Å². The zero-order valence-corrected chi connectivity index (χ0v) is 12.2. The van der Waals surface area contributed by atoms with Crippen LogP contribution in [-0.4, -0.2) is 62.0 Å². The number of nitrogens with zero attached hydrogens (tertiary/aromatic N) is 2. The molecular formula is C14H29N3O. The Morgan fingerprint density at radius 3 is 2.44 bits per heavy atom. The predicted octanol–water partition coefficient (Wildman–Crippen LogP) is 1.18. The molecule has 18 heavy (non-hydrogen) atoms. The van der Waals surface area contributed by atoms with E-state index in [0.29, 0.717) is 12.3 Å². The van der Waals surface area contributed by atoms with Crippen molar-refractivity contribution in [2.45, 2.75) is 33.1 Å². The standard InChI is InChI=1S/C14H29N3O/c1-13(2)12-14(18)15-6-4-5-7-17-10-8-16(3)9-11-17/h13H,4-12H2,1-3H3,(H,15,18). The smallest absolute Gasteiger partial charge is 0.220 e. The van der Waals surface area contributed by atoms with Gasteiger partial charge in [0.15, 0.2) is 0 Å². The monoisotopic (exact) mass is 255 g/mol. The second kappa shape index (κ2) is 8.48. The summed E-state index contributed by atoms with van der Waals surface area (Å²) >= 11 is 0. The molecule has 1 fully saturated rings. The molecule has 0 aromatic heterocycles. The largest absolute Gasteiger partial charge is 0.356 e. The average molecular weight is 255 g/mol. The number of likely N-dealkylation sites (N-methyl/N-ethyl adjacent to an activating group) is 1. The molecule has 1 rings (SSSR count). The summed E-state index contributed by atoms with van der Waals surface area (Å²) in [5.74, 6) is 0.653. The van der Waals surface area contributed by atoms with Gasteiger partial charge in [0.05, 0.1) is 0 Å². The fourth-order valence-corrected chi connectivity index (χ4v) is 2.20. The summed E-state index contributed by atoms with van der Waals surface area (Å²) in [6.07, 6.45) is 2.93. The summed E-state index contributed by atoms with van der Waals surface area (Å²) in [5.41, 5.74) is 0. The first kappa shape index (κ1) is 15.4. The highest BCUT2D eigenvalue weighted by Gasteiger charge is 2.12. The van der Waals surface area contributed by atoms with Crippen LogP contribution in [0, 0.1) is 5.92 Å². The minimum atomic E-state index is 0.199. The molecule has 1 N–H and O–H groups in total. The van der Waals surface area contributed by atoms with E-state index in [4.69, 9.17) is 0 Å². The zero-order valence-electron chi connectivity index (χ0n) is 12.2. The number of carbonyl (C=O) groups is 1. The Labute approximate surface area is 112 Å². The van der Waals surface area contributed by atoms with E-state index in [1.165, 1.54) is 39.1 Å². The van der Waals surface area contributed by atoms with Crippen LogP contribution in [0.15, 0.2) is 0 Å². The summed E-state index contributed by atoms with van der Waals surface area (Å²) in [6.45, 7) is 10.9. The molecule has 0 aromatic rings. The van der Waals surface area contributed by atoms with E-state index in [9.17, 15) is 4.79 Å². The highest BCUT2D eigenvalue weighted by atomic mass is 16.1. The number of piperazine rings is 1. The summed E-state index contributed by atoms with van der Waals surface area (Å²) < 4.78 is 0. The molecule has 1 heterocycles. The normalized spacial score (nSPS) is 18.2. The third-order valence-corrected chi connectivity index (χ3v) is 3.41. The summed E-state index contributed by atoms with van der Waals surface area (Å²) in [5, 5.41) is 2.99. The third-order valence-electron chi connectivity index (χ3n) is 3.41. The van der Waals surface area contributed by atoms with Gasteiger partial charge in [-0.25, -0.2) is 0 Å². The first-order chi connectivity index (χ1) is 8.58. The second-order valence-corrected chi connectivity index (χ2v) is 5.80. The minimum Gasteiger partial charge on any atom is -0.356 e. The first-order valence-corrected chi connectivity index (χ1v) is 7.25. The average Bonchev–Trinajstić information content (AvgIpc) is 2.30. The van der Waals surface area contributed by atoms with E-state index in [-0.39, 0.29) is 5.91 Å². The van der Waals surface area contributed by atoms with Crippen LogP contribution in [0.2, 0.25) is 0 Å². The van der Waals surface area contributed by atoms with Crippen LogP contribution >= 0.6 is 0 Å². The highest BCUT2D eigenvalue weighted by molar-refractivity contribution is 5.75. The molecule has 4 heteroatoms. The van der Waals surface area contributed by atoms with Crippen LogP contribution < -0.4 is 5.32 Å². The van der Waals surface area contributed by atoms with Gasteiger partial charge in [-0.2, -0.15) is 0 Å². The van der Waals surface area contributed by atoms with Crippen molar-refractivity contribution in [2.24, 2.45) is 5.92 Å². The van der Waals surface area contributed by atoms with Gasteiger partial charge < -0.3 is 15.1 Å². The number of nitrogens with one attached hydrogen (secondary N) is 1. The van der Waals surface area contributed by atoms with Crippen molar-refractivity contribution >= 4 is 5.91 Å². The van der Waals surface area contributed by atoms with Crippen molar-refractivity contribution in [2.75, 3.05) is 46.3 Å². The Hall–Kier alpha value is -0.610. The zero-order chi connectivity index (χ0) is 13.4. The molecule has 1 aliphatic heterocycles. The van der Waals surface area contributed by atoms with Crippen molar-refractivity contribution in [3.8, 4) is 0 Å². The third kappa shape index (κ3) is 6.97. The summed E-state index contributed by atoms with van der Waals surface area (Å²) in [7, 11) is 2.18. The molecule has 106 valence electrons. The van der Waals surface area contributed by atoms with Gasteiger partial charge in [0.2, 0.25) is 5.91 Å². The van der Waals surface area contributed by atoms with Crippen LogP contribution in [0.5, 0.6) is 0 Å². The van der Waals surface area contributed by atoms with Crippen molar-refractivity contribution in [1.29, 1.82) is 0 Å². The van der Waals surface area contributed by atoms with E-state index in [1.807, 2.05) is 0 Å². The fourth-order valence-electron chi connectivity index (χ4n) is 2.20. The lowest BCUT2D eigenvalue weighted by Crippen LogP contribution is -2.44. The quantitative estimate of drug-likeness (QED) is 0.694. The van der Waals surface area contributed by atoms with Crippen LogP contribution in [-0.2, 0) is 4.79 Å². The Morgan fingerprint density at radius 2 is 1.83 bits per heavy atom. The van der Waals surface area contributed by atoms with E-state index in [2.05, 4.69) is 36.0 Å². The first-order valence-electron chi connectivity index (χ1n) is 7.25. The molecule has 0 bridgehead atoms. The molecule has 1 amide bonds. The maximum absolute atomic E-state index is 11.4. The number of hydrogen-bond acceptors (Lipinski definition) is 3. The van der Waals surface area contributed by atoms with E-state index in [1.54, 1.807) is 0 Å². The fraction of sp³-hybridized carbons (Fsp3) is 0.929. The van der Waals surface area contributed by atoms with Crippen molar-refractivity contribution in [1.82, 2.24) is 15.1 Å². The maximum atomic E-state index is 11.4. The topological polar surface area (TPSA) is 35.6 Å². The van der Waals surface area contributed by atoms with E-state index >= 15 is 0 Å². The predicted molar refractivity (Wildman–Crippen MR) is 75.6 cm³/mol. The van der Waals surface area contributed by atoms with Gasteiger partial charge in [0.1, 0.15) is 0 Å². The van der Waals surface area contributed by atoms with Crippen LogP contribution in [0.3, 0.4) is 0 Å². The van der Waals surface area contributed by atoms with E-state index in [0.717, 1.165) is 13.0 Å². The summed E-state index contributed by atoms with van der Waals surface area (Å²) in [4.78, 5) is 16.3. The lowest BCUT2D eigenvalue weighted by Gasteiger charge is -2.32. The Bertz CT molecular complexity index is 235. The lowest BCUT2D eigenvalue weighted by molar-refractivity contribution is -0.121. The molecule has 1 aliphatic rings. The van der Waals surface area contributed by atoms with Gasteiger partial charge in [0, 0.05) is 39.1 Å². The molecule has 0 aliphatic carbocycles. The van der Waals surface area contributed by atoms with Crippen molar-refractivity contribution in [3.63, 3.8) is 0 Å². The molecule has 0 unspecified atom stereocenters. The van der Waals surface area contributed by atoms with Gasteiger partial charge >= 0.3 is 0 Å². The van der Waals surface area contributed by atoms with Crippen LogP contribution in [0.1, 0.15) is 33.1 Å². The number of rotatable bonds is 7. The highest BCUT2D eigenvalue weighted by Crippen LogP contribution is 2.02. The van der Waals surface area contributed by atoms with Gasteiger partial charge in [0.25, 0.3) is 0 Å². The molecule has 0 atom stereocenters. The Morgan fingerprint density at radius 1 is 1.17 bits per heavy atom. The summed E-state index contributed by atoms with van der Waals surface area (Å²) in [6, 6.07) is 0. The number of hydrogen-bond donors (Lipinski definition) is 1. The molecule has 4 nitrogen and oxygen atoms in total. The molecule has 0 aromatic carbocycles. The Balaban J connectivity index is 1.94. The number of carbonyl (C=O) groups excluding carboxylic acids is 1. The Kier molecular flexibility index (Phi) is 7.28. The van der Waals surface area contributed by atoms with Gasteiger partial charge in [-0.05, 0) is 32.4 Å². The molecular weight excluding hydrogens is 226 g/mol. The number of unbranched alkanes of at least 4 members (excludes halogenated alkanes) is 1. The molecule has 0 saturated carbocycles. The maximum Gasteiger partial charge on any atom is 0.220 e. The van der Waals surface area contributed by atoms with Gasteiger partial charge in [-0.1, -0.05) is 13.8 Å².